The summed E-state index contributed by atoms with van der Waals surface area (Å²) in [5.74, 6) is 0.858. The number of aliphatic hydroxyl groups is 1. The Morgan fingerprint density at radius 3 is 2.80 bits per heavy atom. The summed E-state index contributed by atoms with van der Waals surface area (Å²) in [6.07, 6.45) is 5.14. The van der Waals surface area contributed by atoms with Crippen LogP contribution in [0.15, 0.2) is 12.2 Å². The van der Waals surface area contributed by atoms with Gasteiger partial charge < -0.3 is 10.8 Å². The average molecular weight is 141 g/mol. The molecule has 0 aromatic rings. The van der Waals surface area contributed by atoms with Crippen LogP contribution in [-0.4, -0.2) is 17.8 Å². The predicted molar refractivity (Wildman–Crippen MR) is 41.5 cm³/mol. The van der Waals surface area contributed by atoms with Crippen LogP contribution < -0.4 is 5.73 Å². The van der Waals surface area contributed by atoms with Crippen LogP contribution in [0.1, 0.15) is 13.3 Å². The van der Waals surface area contributed by atoms with E-state index in [4.69, 9.17) is 10.8 Å². The Morgan fingerprint density at radius 1 is 1.60 bits per heavy atom. The Morgan fingerprint density at radius 2 is 2.30 bits per heavy atom. The first-order valence-electron chi connectivity index (χ1n) is 3.78. The molecule has 0 spiro atoms. The molecule has 58 valence electrons. The van der Waals surface area contributed by atoms with Crippen LogP contribution in [0.4, 0.5) is 0 Å². The van der Waals surface area contributed by atoms with E-state index < -0.39 is 0 Å². The third-order valence-electron chi connectivity index (χ3n) is 2.12. The Labute approximate surface area is 61.7 Å². The third-order valence-corrected chi connectivity index (χ3v) is 2.12. The smallest absolute Gasteiger partial charge is 0.0477 e. The minimum Gasteiger partial charge on any atom is -0.396 e. The van der Waals surface area contributed by atoms with Gasteiger partial charge in [0.05, 0.1) is 0 Å². The molecule has 0 amide bonds. The van der Waals surface area contributed by atoms with E-state index in [2.05, 4.69) is 13.0 Å². The Balaban J connectivity index is 2.53. The molecule has 0 heterocycles. The lowest BCUT2D eigenvalue weighted by Crippen LogP contribution is -2.34. The number of hydrogen-bond acceptors (Lipinski definition) is 2. The molecule has 0 aliphatic heterocycles. The Hall–Kier alpha value is -0.340. The zero-order valence-electron chi connectivity index (χ0n) is 6.33. The lowest BCUT2D eigenvalue weighted by molar-refractivity contribution is 0.193. The number of allylic oxidation sites excluding steroid dienone is 1. The fourth-order valence-electron chi connectivity index (χ4n) is 1.38. The van der Waals surface area contributed by atoms with E-state index >= 15 is 0 Å². The average Bonchev–Trinajstić information content (AvgIpc) is 1.94. The first-order valence-corrected chi connectivity index (χ1v) is 3.78. The van der Waals surface area contributed by atoms with Crippen LogP contribution in [0.5, 0.6) is 0 Å². The highest BCUT2D eigenvalue weighted by Gasteiger charge is 2.20. The summed E-state index contributed by atoms with van der Waals surface area (Å²) in [6.45, 7) is 2.36. The number of rotatable bonds is 1. The van der Waals surface area contributed by atoms with Crippen LogP contribution in [0.2, 0.25) is 0 Å². The maximum Gasteiger partial charge on any atom is 0.0477 e. The SMILES string of the molecule is CC1C=CC(N)C(CO)C1. The fraction of sp³-hybridized carbons (Fsp3) is 0.750. The highest BCUT2D eigenvalue weighted by atomic mass is 16.3. The second-order valence-electron chi connectivity index (χ2n) is 3.12. The summed E-state index contributed by atoms with van der Waals surface area (Å²) in [6, 6.07) is 0.0706. The molecule has 0 aromatic heterocycles. The molecular formula is C8H15NO. The molecule has 1 rings (SSSR count). The first-order chi connectivity index (χ1) is 4.74. The zero-order valence-corrected chi connectivity index (χ0v) is 6.33. The quantitative estimate of drug-likeness (QED) is 0.523. The van der Waals surface area contributed by atoms with Gasteiger partial charge in [-0.2, -0.15) is 0 Å². The normalized spacial score (nSPS) is 40.1. The minimum absolute atomic E-state index is 0.0706. The Bertz CT molecular complexity index is 133. The molecule has 0 radical (unpaired) electrons. The van der Waals surface area contributed by atoms with Crippen molar-refractivity contribution in [2.75, 3.05) is 6.61 Å². The van der Waals surface area contributed by atoms with Gasteiger partial charge in [0, 0.05) is 18.6 Å². The van der Waals surface area contributed by atoms with Crippen LogP contribution >= 0.6 is 0 Å². The van der Waals surface area contributed by atoms with Crippen LogP contribution in [0.25, 0.3) is 0 Å². The molecule has 3 unspecified atom stereocenters. The van der Waals surface area contributed by atoms with Crippen molar-refractivity contribution in [2.45, 2.75) is 19.4 Å². The van der Waals surface area contributed by atoms with Gasteiger partial charge in [0.2, 0.25) is 0 Å². The van der Waals surface area contributed by atoms with E-state index in [0.717, 1.165) is 6.42 Å². The van der Waals surface area contributed by atoms with Crippen LogP contribution in [0, 0.1) is 11.8 Å². The number of aliphatic hydroxyl groups excluding tert-OH is 1. The van der Waals surface area contributed by atoms with E-state index in [1.54, 1.807) is 0 Å². The third kappa shape index (κ3) is 1.58. The highest BCUT2D eigenvalue weighted by Crippen LogP contribution is 2.21. The molecule has 1 aliphatic carbocycles. The zero-order chi connectivity index (χ0) is 7.56. The first kappa shape index (κ1) is 7.76. The van der Waals surface area contributed by atoms with E-state index in [0.29, 0.717) is 5.92 Å². The van der Waals surface area contributed by atoms with Gasteiger partial charge in [-0.1, -0.05) is 19.1 Å². The maximum atomic E-state index is 8.87. The second-order valence-corrected chi connectivity index (χ2v) is 3.12. The number of hydrogen-bond donors (Lipinski definition) is 2. The van der Waals surface area contributed by atoms with Gasteiger partial charge in [0.1, 0.15) is 0 Å². The monoisotopic (exact) mass is 141 g/mol. The largest absolute Gasteiger partial charge is 0.396 e. The summed E-state index contributed by atoms with van der Waals surface area (Å²) in [5.41, 5.74) is 5.70. The summed E-state index contributed by atoms with van der Waals surface area (Å²) in [4.78, 5) is 0. The van der Waals surface area contributed by atoms with Gasteiger partial charge in [-0.3, -0.25) is 0 Å². The molecule has 0 fully saturated rings. The maximum absolute atomic E-state index is 8.87. The van der Waals surface area contributed by atoms with Crippen molar-refractivity contribution in [1.82, 2.24) is 0 Å². The number of nitrogens with two attached hydrogens (primary N) is 1. The standard InChI is InChI=1S/C8H15NO/c1-6-2-3-8(9)7(4-6)5-10/h2-3,6-8,10H,4-5,9H2,1H3. The molecule has 0 aromatic carbocycles. The molecule has 0 saturated carbocycles. The summed E-state index contributed by atoms with van der Waals surface area (Å²) >= 11 is 0. The van der Waals surface area contributed by atoms with Crippen molar-refractivity contribution in [1.29, 1.82) is 0 Å². The predicted octanol–water partition coefficient (Wildman–Crippen LogP) is 0.518. The van der Waals surface area contributed by atoms with Gasteiger partial charge >= 0.3 is 0 Å². The van der Waals surface area contributed by atoms with E-state index in [1.807, 2.05) is 6.08 Å². The molecule has 2 nitrogen and oxygen atoms in total. The molecular weight excluding hydrogens is 126 g/mol. The van der Waals surface area contributed by atoms with Gasteiger partial charge in [-0.15, -0.1) is 0 Å². The summed E-state index contributed by atoms with van der Waals surface area (Å²) < 4.78 is 0. The summed E-state index contributed by atoms with van der Waals surface area (Å²) in [5, 5.41) is 8.87. The van der Waals surface area contributed by atoms with Gasteiger partial charge in [-0.05, 0) is 12.3 Å². The Kier molecular flexibility index (Phi) is 2.46. The van der Waals surface area contributed by atoms with E-state index in [1.165, 1.54) is 0 Å². The van der Waals surface area contributed by atoms with Crippen molar-refractivity contribution >= 4 is 0 Å². The highest BCUT2D eigenvalue weighted by molar-refractivity contribution is 5.02. The topological polar surface area (TPSA) is 46.2 Å². The van der Waals surface area contributed by atoms with Crippen molar-refractivity contribution in [3.05, 3.63) is 12.2 Å². The van der Waals surface area contributed by atoms with Crippen molar-refractivity contribution < 1.29 is 5.11 Å². The lowest BCUT2D eigenvalue weighted by Gasteiger charge is -2.25. The van der Waals surface area contributed by atoms with Crippen LogP contribution in [0.3, 0.4) is 0 Å². The fourth-order valence-corrected chi connectivity index (χ4v) is 1.38. The lowest BCUT2D eigenvalue weighted by atomic mass is 9.85. The second kappa shape index (κ2) is 3.17. The molecule has 1 aliphatic rings. The molecule has 0 bridgehead atoms. The molecule has 0 saturated heterocycles. The van der Waals surface area contributed by atoms with Gasteiger partial charge in [0.25, 0.3) is 0 Å². The van der Waals surface area contributed by atoms with Gasteiger partial charge in [0.15, 0.2) is 0 Å². The molecule has 2 heteroatoms. The van der Waals surface area contributed by atoms with Gasteiger partial charge in [-0.25, -0.2) is 0 Å². The van der Waals surface area contributed by atoms with Crippen LogP contribution in [-0.2, 0) is 0 Å². The molecule has 3 N–H and O–H groups in total. The van der Waals surface area contributed by atoms with Crippen molar-refractivity contribution in [3.63, 3.8) is 0 Å². The molecule has 3 atom stereocenters. The minimum atomic E-state index is 0.0706. The van der Waals surface area contributed by atoms with E-state index in [-0.39, 0.29) is 18.6 Å². The summed E-state index contributed by atoms with van der Waals surface area (Å²) in [7, 11) is 0. The van der Waals surface area contributed by atoms with E-state index in [9.17, 15) is 0 Å². The molecule has 10 heavy (non-hydrogen) atoms. The van der Waals surface area contributed by atoms with Crippen molar-refractivity contribution in [3.8, 4) is 0 Å². The van der Waals surface area contributed by atoms with Crippen molar-refractivity contribution in [2.24, 2.45) is 17.6 Å².